The minimum absolute atomic E-state index is 0.103. The smallest absolute Gasteiger partial charge is 0.209 e. The van der Waals surface area contributed by atoms with Gasteiger partial charge in [-0.05, 0) is 43.9 Å². The standard InChI is InChI=1S/C14H29NO3S/c1-12-9-13(2)11-14(10-12)18-7-5-3-4-6-8-19(15,16)17/h12-14H,3-11H2,1-2H3,(H2,15,16,17). The molecule has 19 heavy (non-hydrogen) atoms. The van der Waals surface area contributed by atoms with E-state index in [1.165, 1.54) is 19.3 Å². The van der Waals surface area contributed by atoms with Crippen molar-refractivity contribution < 1.29 is 13.2 Å². The van der Waals surface area contributed by atoms with Gasteiger partial charge in [-0.2, -0.15) is 0 Å². The van der Waals surface area contributed by atoms with Crippen molar-refractivity contribution in [1.29, 1.82) is 0 Å². The fraction of sp³-hybridized carbons (Fsp3) is 1.00. The van der Waals surface area contributed by atoms with Crippen LogP contribution in [-0.4, -0.2) is 26.9 Å². The Morgan fingerprint density at radius 2 is 1.58 bits per heavy atom. The molecule has 0 aromatic rings. The molecule has 2 atom stereocenters. The molecule has 0 amide bonds. The Kier molecular flexibility index (Phi) is 7.32. The SMILES string of the molecule is CC1CC(C)CC(OCCCCCCS(N)(=O)=O)C1. The molecular weight excluding hydrogens is 262 g/mol. The van der Waals surface area contributed by atoms with Crippen molar-refractivity contribution in [2.24, 2.45) is 17.0 Å². The number of unbranched alkanes of at least 4 members (excludes halogenated alkanes) is 3. The predicted octanol–water partition coefficient (Wildman–Crippen LogP) is 2.68. The van der Waals surface area contributed by atoms with Crippen LogP contribution in [-0.2, 0) is 14.8 Å². The van der Waals surface area contributed by atoms with Gasteiger partial charge < -0.3 is 4.74 Å². The molecule has 0 heterocycles. The molecule has 0 aliphatic heterocycles. The maximum atomic E-state index is 10.7. The van der Waals surface area contributed by atoms with Crippen LogP contribution in [0, 0.1) is 11.8 Å². The van der Waals surface area contributed by atoms with Gasteiger partial charge in [-0.25, -0.2) is 13.6 Å². The summed E-state index contributed by atoms with van der Waals surface area (Å²) in [4.78, 5) is 0. The van der Waals surface area contributed by atoms with E-state index >= 15 is 0 Å². The Balaban J connectivity index is 1.99. The molecule has 5 heteroatoms. The maximum Gasteiger partial charge on any atom is 0.209 e. The predicted molar refractivity (Wildman–Crippen MR) is 78.4 cm³/mol. The summed E-state index contributed by atoms with van der Waals surface area (Å²) in [6.45, 7) is 5.41. The van der Waals surface area contributed by atoms with Gasteiger partial charge in [0, 0.05) is 6.61 Å². The number of nitrogens with two attached hydrogens (primary N) is 1. The van der Waals surface area contributed by atoms with Crippen LogP contribution in [0.3, 0.4) is 0 Å². The monoisotopic (exact) mass is 291 g/mol. The minimum Gasteiger partial charge on any atom is -0.378 e. The zero-order chi connectivity index (χ0) is 14.3. The first-order valence-corrected chi connectivity index (χ1v) is 9.20. The van der Waals surface area contributed by atoms with E-state index in [1.54, 1.807) is 0 Å². The lowest BCUT2D eigenvalue weighted by atomic mass is 9.82. The van der Waals surface area contributed by atoms with Gasteiger partial charge in [0.05, 0.1) is 11.9 Å². The van der Waals surface area contributed by atoms with Crippen LogP contribution in [0.25, 0.3) is 0 Å². The van der Waals surface area contributed by atoms with E-state index in [1.807, 2.05) is 0 Å². The van der Waals surface area contributed by atoms with Gasteiger partial charge in [0.1, 0.15) is 0 Å². The molecule has 0 radical (unpaired) electrons. The molecule has 1 aliphatic rings. The van der Waals surface area contributed by atoms with Gasteiger partial charge in [-0.1, -0.05) is 26.7 Å². The van der Waals surface area contributed by atoms with Gasteiger partial charge in [-0.15, -0.1) is 0 Å². The minimum atomic E-state index is -3.28. The third-order valence-corrected chi connectivity index (χ3v) is 4.67. The Bertz CT molecular complexity index is 333. The lowest BCUT2D eigenvalue weighted by Crippen LogP contribution is -2.26. The van der Waals surface area contributed by atoms with Crippen LogP contribution in [0.4, 0.5) is 0 Å². The second-order valence-corrected chi connectivity index (χ2v) is 7.93. The molecule has 0 spiro atoms. The van der Waals surface area contributed by atoms with E-state index in [9.17, 15) is 8.42 Å². The highest BCUT2D eigenvalue weighted by Gasteiger charge is 2.23. The van der Waals surface area contributed by atoms with Crippen molar-refractivity contribution in [2.45, 2.75) is 64.9 Å². The van der Waals surface area contributed by atoms with Crippen LogP contribution >= 0.6 is 0 Å². The molecule has 1 rings (SSSR count). The molecule has 1 fully saturated rings. The normalized spacial score (nSPS) is 28.5. The Morgan fingerprint density at radius 3 is 2.16 bits per heavy atom. The number of primary sulfonamides is 1. The fourth-order valence-corrected chi connectivity index (χ4v) is 3.62. The zero-order valence-corrected chi connectivity index (χ0v) is 13.1. The Labute approximate surface area is 118 Å². The molecule has 0 saturated heterocycles. The molecule has 1 saturated carbocycles. The first-order chi connectivity index (χ1) is 8.87. The van der Waals surface area contributed by atoms with E-state index in [2.05, 4.69) is 13.8 Å². The van der Waals surface area contributed by atoms with E-state index in [4.69, 9.17) is 9.88 Å². The number of rotatable bonds is 8. The number of ether oxygens (including phenoxy) is 1. The van der Waals surface area contributed by atoms with Crippen molar-refractivity contribution in [3.8, 4) is 0 Å². The summed E-state index contributed by atoms with van der Waals surface area (Å²) in [5.74, 6) is 1.66. The topological polar surface area (TPSA) is 69.4 Å². The summed E-state index contributed by atoms with van der Waals surface area (Å²) in [5.41, 5.74) is 0. The van der Waals surface area contributed by atoms with Gasteiger partial charge in [0.15, 0.2) is 0 Å². The average molecular weight is 291 g/mol. The van der Waals surface area contributed by atoms with Gasteiger partial charge in [0.2, 0.25) is 10.0 Å². The first-order valence-electron chi connectivity index (χ1n) is 7.49. The van der Waals surface area contributed by atoms with Crippen molar-refractivity contribution in [3.63, 3.8) is 0 Å². The summed E-state index contributed by atoms with van der Waals surface area (Å²) in [6, 6.07) is 0. The highest BCUT2D eigenvalue weighted by Crippen LogP contribution is 2.30. The molecule has 1 aliphatic carbocycles. The molecule has 2 N–H and O–H groups in total. The summed E-state index contributed by atoms with van der Waals surface area (Å²) in [5, 5.41) is 4.95. The lowest BCUT2D eigenvalue weighted by molar-refractivity contribution is -0.000591. The largest absolute Gasteiger partial charge is 0.378 e. The highest BCUT2D eigenvalue weighted by molar-refractivity contribution is 7.89. The van der Waals surface area contributed by atoms with E-state index in [0.29, 0.717) is 12.5 Å². The van der Waals surface area contributed by atoms with E-state index < -0.39 is 10.0 Å². The Hall–Kier alpha value is -0.130. The first kappa shape index (κ1) is 16.9. The molecule has 4 nitrogen and oxygen atoms in total. The van der Waals surface area contributed by atoms with Crippen LogP contribution in [0.2, 0.25) is 0 Å². The lowest BCUT2D eigenvalue weighted by Gasteiger charge is -2.31. The van der Waals surface area contributed by atoms with Gasteiger partial charge in [-0.3, -0.25) is 0 Å². The van der Waals surface area contributed by atoms with Crippen LogP contribution in [0.15, 0.2) is 0 Å². The maximum absolute atomic E-state index is 10.7. The highest BCUT2D eigenvalue weighted by atomic mass is 32.2. The molecule has 2 unspecified atom stereocenters. The van der Waals surface area contributed by atoms with Crippen LogP contribution in [0.5, 0.6) is 0 Å². The number of sulfonamides is 1. The number of hydrogen-bond acceptors (Lipinski definition) is 3. The van der Waals surface area contributed by atoms with Crippen LogP contribution < -0.4 is 5.14 Å². The molecule has 114 valence electrons. The van der Waals surface area contributed by atoms with Crippen molar-refractivity contribution in [2.75, 3.05) is 12.4 Å². The average Bonchev–Trinajstić information content (AvgIpc) is 2.25. The third kappa shape index (κ3) is 8.60. The van der Waals surface area contributed by atoms with E-state index in [0.717, 1.165) is 37.7 Å². The van der Waals surface area contributed by atoms with E-state index in [-0.39, 0.29) is 5.75 Å². The summed E-state index contributed by atoms with van der Waals surface area (Å²) >= 11 is 0. The molecule has 0 aromatic heterocycles. The van der Waals surface area contributed by atoms with Gasteiger partial charge in [0.25, 0.3) is 0 Å². The summed E-state index contributed by atoms with van der Waals surface area (Å²) < 4.78 is 27.4. The summed E-state index contributed by atoms with van der Waals surface area (Å²) in [6.07, 6.45) is 7.76. The van der Waals surface area contributed by atoms with Crippen molar-refractivity contribution >= 4 is 10.0 Å². The third-order valence-electron chi connectivity index (χ3n) is 3.81. The molecular formula is C14H29NO3S. The van der Waals surface area contributed by atoms with Crippen LogP contribution in [0.1, 0.15) is 58.8 Å². The molecule has 0 bridgehead atoms. The second kappa shape index (κ2) is 8.22. The Morgan fingerprint density at radius 1 is 1.00 bits per heavy atom. The fourth-order valence-electron chi connectivity index (χ4n) is 3.02. The van der Waals surface area contributed by atoms with Crippen molar-refractivity contribution in [3.05, 3.63) is 0 Å². The second-order valence-electron chi connectivity index (χ2n) is 6.19. The summed E-state index contributed by atoms with van der Waals surface area (Å²) in [7, 11) is -3.28. The molecule has 0 aromatic carbocycles. The zero-order valence-electron chi connectivity index (χ0n) is 12.3. The number of hydrogen-bond donors (Lipinski definition) is 1. The van der Waals surface area contributed by atoms with Gasteiger partial charge >= 0.3 is 0 Å². The van der Waals surface area contributed by atoms with Crippen molar-refractivity contribution in [1.82, 2.24) is 0 Å². The quantitative estimate of drug-likeness (QED) is 0.699.